The Kier molecular flexibility index (Phi) is 4.98. The maximum absolute atomic E-state index is 6.41. The molecule has 2 heteroatoms. The van der Waals surface area contributed by atoms with Crippen molar-refractivity contribution in [2.75, 3.05) is 0 Å². The zero-order valence-electron chi connectivity index (χ0n) is 15.5. The zero-order valence-corrected chi connectivity index (χ0v) is 15.5. The summed E-state index contributed by atoms with van der Waals surface area (Å²) < 4.78 is 0. The first-order valence-electron chi connectivity index (χ1n) is 9.30. The molecule has 0 amide bonds. The minimum absolute atomic E-state index is 0.0863. The molecule has 27 heavy (non-hydrogen) atoms. The molecule has 0 nitrogen and oxygen atoms in total. The molecule has 0 fully saturated rings. The Morgan fingerprint density at radius 2 is 1.11 bits per heavy atom. The van der Waals surface area contributed by atoms with Crippen LogP contribution in [0, 0.1) is 6.92 Å². The maximum Gasteiger partial charge on any atom is 0.241 e. The number of aryl methyl sites for hydroxylation is 1. The van der Waals surface area contributed by atoms with Crippen LogP contribution in [-0.2, 0) is 0 Å². The second kappa shape index (κ2) is 7.72. The fourth-order valence-corrected chi connectivity index (χ4v) is 3.82. The molecule has 0 aromatic heterocycles. The van der Waals surface area contributed by atoms with Gasteiger partial charge >= 0.3 is 0 Å². The van der Waals surface area contributed by atoms with Gasteiger partial charge in [0.15, 0.2) is 0 Å². The summed E-state index contributed by atoms with van der Waals surface area (Å²) in [5.41, 5.74) is 8.29. The van der Waals surface area contributed by atoms with Crippen LogP contribution in [0.4, 0.5) is 0 Å². The molecule has 0 aliphatic heterocycles. The fourth-order valence-electron chi connectivity index (χ4n) is 3.82. The normalized spacial score (nSPS) is 10.6. The average molecular weight is 342 g/mol. The molecule has 0 atom stereocenters. The lowest BCUT2D eigenvalue weighted by molar-refractivity contribution is 1.46. The predicted octanol–water partition coefficient (Wildman–Crippen LogP) is 2.97. The van der Waals surface area contributed by atoms with Crippen molar-refractivity contribution in [1.82, 2.24) is 0 Å². The highest BCUT2D eigenvalue weighted by molar-refractivity contribution is 6.98. The van der Waals surface area contributed by atoms with Gasteiger partial charge in [0.25, 0.3) is 0 Å². The second-order valence-electron chi connectivity index (χ2n) is 6.87. The van der Waals surface area contributed by atoms with Gasteiger partial charge in [-0.25, -0.2) is 0 Å². The van der Waals surface area contributed by atoms with Gasteiger partial charge in [0.05, 0.1) is 0 Å². The highest BCUT2D eigenvalue weighted by Gasteiger charge is 2.25. The number of hydrogen-bond donors (Lipinski definition) is 0. The molecule has 0 saturated heterocycles. The molecule has 4 aromatic rings. The van der Waals surface area contributed by atoms with Gasteiger partial charge in [0.2, 0.25) is 6.71 Å². The molecule has 0 heterocycles. The van der Waals surface area contributed by atoms with E-state index in [0.717, 1.165) is 10.9 Å². The van der Waals surface area contributed by atoms with Crippen LogP contribution in [0.1, 0.15) is 5.56 Å². The van der Waals surface area contributed by atoms with Gasteiger partial charge in [-0.05, 0) is 23.6 Å². The van der Waals surface area contributed by atoms with Crippen molar-refractivity contribution < 1.29 is 0 Å². The number of benzene rings is 4. The first kappa shape index (κ1) is 17.4. The summed E-state index contributed by atoms with van der Waals surface area (Å²) in [4.78, 5) is 0. The lowest BCUT2D eigenvalue weighted by Crippen LogP contribution is -2.57. The third kappa shape index (κ3) is 3.48. The summed E-state index contributed by atoms with van der Waals surface area (Å²) in [6.45, 7) is 2.25. The average Bonchev–Trinajstić information content (AvgIpc) is 2.71. The van der Waals surface area contributed by atoms with Crippen LogP contribution in [0.25, 0.3) is 11.1 Å². The molecule has 2 radical (unpaired) electrons. The predicted molar refractivity (Wildman–Crippen MR) is 120 cm³/mol. The van der Waals surface area contributed by atoms with E-state index in [0.29, 0.717) is 0 Å². The van der Waals surface area contributed by atoms with E-state index >= 15 is 0 Å². The van der Waals surface area contributed by atoms with Crippen molar-refractivity contribution in [3.8, 4) is 11.1 Å². The van der Waals surface area contributed by atoms with E-state index in [9.17, 15) is 0 Å². The van der Waals surface area contributed by atoms with Gasteiger partial charge in [0, 0.05) is 0 Å². The molecule has 0 N–H and O–H groups in total. The van der Waals surface area contributed by atoms with Crippen molar-refractivity contribution in [1.29, 1.82) is 0 Å². The Hall–Kier alpha value is -2.99. The van der Waals surface area contributed by atoms with Crippen molar-refractivity contribution in [3.05, 3.63) is 109 Å². The van der Waals surface area contributed by atoms with E-state index < -0.39 is 0 Å². The lowest BCUT2D eigenvalue weighted by Gasteiger charge is -2.22. The SMILES string of the molecule is [B]c1ccccc1B(c1ccccc1)c1ccccc1-c1ccccc1C. The third-order valence-electron chi connectivity index (χ3n) is 5.15. The van der Waals surface area contributed by atoms with Gasteiger partial charge in [0.1, 0.15) is 7.85 Å². The number of hydrogen-bond acceptors (Lipinski definition) is 0. The van der Waals surface area contributed by atoms with E-state index in [1.165, 1.54) is 27.6 Å². The Morgan fingerprint density at radius 1 is 0.556 bits per heavy atom. The summed E-state index contributed by atoms with van der Waals surface area (Å²) in [7, 11) is 6.41. The Morgan fingerprint density at radius 3 is 1.81 bits per heavy atom. The van der Waals surface area contributed by atoms with E-state index in [1.807, 2.05) is 12.1 Å². The number of rotatable bonds is 4. The smallest absolute Gasteiger partial charge is 0.101 e. The molecule has 126 valence electrons. The largest absolute Gasteiger partial charge is 0.241 e. The summed E-state index contributed by atoms with van der Waals surface area (Å²) >= 11 is 0. The van der Waals surface area contributed by atoms with Crippen LogP contribution in [0.5, 0.6) is 0 Å². The third-order valence-corrected chi connectivity index (χ3v) is 5.15. The van der Waals surface area contributed by atoms with Crippen LogP contribution in [0.3, 0.4) is 0 Å². The Bertz CT molecular complexity index is 1050. The van der Waals surface area contributed by atoms with Gasteiger partial charge < -0.3 is 0 Å². The topological polar surface area (TPSA) is 0 Å². The summed E-state index contributed by atoms with van der Waals surface area (Å²) in [6.07, 6.45) is 0. The Labute approximate surface area is 163 Å². The van der Waals surface area contributed by atoms with Crippen molar-refractivity contribution in [3.63, 3.8) is 0 Å². The van der Waals surface area contributed by atoms with Crippen molar-refractivity contribution >= 4 is 36.4 Å². The molecule has 4 aromatic carbocycles. The summed E-state index contributed by atoms with van der Waals surface area (Å²) in [5.74, 6) is 0. The highest BCUT2D eigenvalue weighted by atomic mass is 14.1. The summed E-state index contributed by atoms with van der Waals surface area (Å²) in [6, 6.07) is 36.0. The molecule has 0 aliphatic rings. The Balaban J connectivity index is 1.98. The van der Waals surface area contributed by atoms with Crippen LogP contribution in [0.15, 0.2) is 103 Å². The molecular formula is C25H20B2. The standard InChI is InChI=1S/C25H20B2/c1-19-11-5-6-14-21(19)22-15-7-9-17-24(22)27(20-12-3-2-4-13-20)25-18-10-8-16-23(25)26/h2-18H,1H3. The van der Waals surface area contributed by atoms with E-state index in [2.05, 4.69) is 97.9 Å². The first-order valence-corrected chi connectivity index (χ1v) is 9.30. The first-order chi connectivity index (χ1) is 13.3. The van der Waals surface area contributed by atoms with Crippen LogP contribution in [0.2, 0.25) is 0 Å². The van der Waals surface area contributed by atoms with Gasteiger partial charge in [-0.1, -0.05) is 120 Å². The second-order valence-corrected chi connectivity index (χ2v) is 6.87. The monoisotopic (exact) mass is 342 g/mol. The molecule has 0 saturated carbocycles. The highest BCUT2D eigenvalue weighted by Crippen LogP contribution is 2.21. The molecule has 0 bridgehead atoms. The van der Waals surface area contributed by atoms with Crippen molar-refractivity contribution in [2.24, 2.45) is 0 Å². The minimum atomic E-state index is 0.0863. The van der Waals surface area contributed by atoms with Gasteiger partial charge in [-0.2, -0.15) is 0 Å². The van der Waals surface area contributed by atoms with Crippen LogP contribution in [-0.4, -0.2) is 14.6 Å². The fraction of sp³-hybridized carbons (Fsp3) is 0.0400. The molecule has 0 spiro atoms. The van der Waals surface area contributed by atoms with E-state index in [1.54, 1.807) is 0 Å². The zero-order chi connectivity index (χ0) is 18.6. The quantitative estimate of drug-likeness (QED) is 0.501. The van der Waals surface area contributed by atoms with E-state index in [4.69, 9.17) is 7.85 Å². The maximum atomic E-state index is 6.41. The molecular weight excluding hydrogens is 322 g/mol. The lowest BCUT2D eigenvalue weighted by atomic mass is 9.34. The summed E-state index contributed by atoms with van der Waals surface area (Å²) in [5, 5.41) is 0. The van der Waals surface area contributed by atoms with Gasteiger partial charge in [-0.3, -0.25) is 0 Å². The van der Waals surface area contributed by atoms with Crippen LogP contribution < -0.4 is 21.9 Å². The molecule has 0 unspecified atom stereocenters. The van der Waals surface area contributed by atoms with E-state index in [-0.39, 0.29) is 6.71 Å². The van der Waals surface area contributed by atoms with Crippen molar-refractivity contribution in [2.45, 2.75) is 6.92 Å². The molecule has 4 rings (SSSR count). The minimum Gasteiger partial charge on any atom is -0.101 e. The van der Waals surface area contributed by atoms with Crippen LogP contribution >= 0.6 is 0 Å². The molecule has 0 aliphatic carbocycles. The van der Waals surface area contributed by atoms with Gasteiger partial charge in [-0.15, -0.1) is 5.46 Å².